The molecule has 120 valence electrons. The predicted octanol–water partition coefficient (Wildman–Crippen LogP) is 2.62. The molecule has 0 saturated carbocycles. The Morgan fingerprint density at radius 1 is 0.579 bits per heavy atom. The van der Waals surface area contributed by atoms with E-state index < -0.39 is 9.79 Å². The first kappa shape index (κ1) is 19.1. The fourth-order valence-electron chi connectivity index (χ4n) is 2.37. The summed E-state index contributed by atoms with van der Waals surface area (Å²) in [5.41, 5.74) is 0. The molecule has 0 amide bonds. The van der Waals surface area contributed by atoms with Gasteiger partial charge >= 0.3 is 0 Å². The van der Waals surface area contributed by atoms with Crippen LogP contribution in [0.2, 0.25) is 0 Å². The SMILES string of the molecule is CCOS(OCC)(OCC)(OCC)(N(C)C)N(C)C. The number of rotatable bonds is 10. The first-order chi connectivity index (χ1) is 8.76. The zero-order valence-corrected chi connectivity index (χ0v) is 14.6. The van der Waals surface area contributed by atoms with Crippen molar-refractivity contribution in [2.75, 3.05) is 54.6 Å². The van der Waals surface area contributed by atoms with E-state index in [4.69, 9.17) is 16.7 Å². The van der Waals surface area contributed by atoms with Crippen LogP contribution >= 0.6 is 9.79 Å². The Bertz CT molecular complexity index is 244. The Morgan fingerprint density at radius 2 is 0.789 bits per heavy atom. The first-order valence-electron chi connectivity index (χ1n) is 6.80. The monoisotopic (exact) mass is 300 g/mol. The van der Waals surface area contributed by atoms with E-state index in [2.05, 4.69) is 0 Å². The van der Waals surface area contributed by atoms with E-state index in [9.17, 15) is 0 Å². The molecular weight excluding hydrogens is 268 g/mol. The van der Waals surface area contributed by atoms with Crippen LogP contribution in [0, 0.1) is 0 Å². The van der Waals surface area contributed by atoms with Crippen molar-refractivity contribution in [2.24, 2.45) is 0 Å². The molecule has 0 radical (unpaired) electrons. The summed E-state index contributed by atoms with van der Waals surface area (Å²) in [5, 5.41) is 0. The highest BCUT2D eigenvalue weighted by atomic mass is 32.4. The Hall–Kier alpha value is 0.110. The summed E-state index contributed by atoms with van der Waals surface area (Å²) in [6.45, 7) is 9.29. The van der Waals surface area contributed by atoms with Crippen LogP contribution in [0.5, 0.6) is 0 Å². The highest BCUT2D eigenvalue weighted by molar-refractivity contribution is 8.47. The van der Waals surface area contributed by atoms with Gasteiger partial charge in [0.25, 0.3) is 0 Å². The minimum atomic E-state index is -4.33. The van der Waals surface area contributed by atoms with Gasteiger partial charge in [-0.1, -0.05) is 0 Å². The summed E-state index contributed by atoms with van der Waals surface area (Å²) < 4.78 is 28.2. The molecule has 0 bridgehead atoms. The van der Waals surface area contributed by atoms with E-state index in [1.54, 1.807) is 8.61 Å². The second-order valence-corrected chi connectivity index (χ2v) is 8.91. The number of hydrogen-bond acceptors (Lipinski definition) is 6. The van der Waals surface area contributed by atoms with E-state index >= 15 is 0 Å². The molecular formula is C12H32N2O4S. The molecule has 6 nitrogen and oxygen atoms in total. The van der Waals surface area contributed by atoms with Crippen LogP contribution in [0.15, 0.2) is 0 Å². The highest BCUT2D eigenvalue weighted by Gasteiger charge is 2.68. The molecule has 0 aromatic carbocycles. The van der Waals surface area contributed by atoms with Gasteiger partial charge in [-0.15, -0.1) is 0 Å². The average molecular weight is 300 g/mol. The Labute approximate surface area is 118 Å². The fourth-order valence-corrected chi connectivity index (χ4v) is 7.12. The van der Waals surface area contributed by atoms with Crippen molar-refractivity contribution < 1.29 is 16.7 Å². The number of hydrogen-bond donors (Lipinski definition) is 0. The maximum absolute atomic E-state index is 6.15. The predicted molar refractivity (Wildman–Crippen MR) is 81.5 cm³/mol. The van der Waals surface area contributed by atoms with Crippen LogP contribution in [0.25, 0.3) is 0 Å². The van der Waals surface area contributed by atoms with E-state index in [1.165, 1.54) is 0 Å². The van der Waals surface area contributed by atoms with Gasteiger partial charge < -0.3 is 0 Å². The molecule has 0 aromatic heterocycles. The summed E-state index contributed by atoms with van der Waals surface area (Å²) in [5.74, 6) is 0. The van der Waals surface area contributed by atoms with Gasteiger partial charge in [0.2, 0.25) is 0 Å². The first-order valence-corrected chi connectivity index (χ1v) is 8.87. The molecule has 0 aliphatic carbocycles. The second-order valence-electron chi connectivity index (χ2n) is 4.34. The van der Waals surface area contributed by atoms with Gasteiger partial charge in [0.15, 0.2) is 0 Å². The van der Waals surface area contributed by atoms with Crippen LogP contribution in [0.4, 0.5) is 0 Å². The number of nitrogens with zero attached hydrogens (tertiary/aromatic N) is 2. The molecule has 0 saturated heterocycles. The minimum absolute atomic E-state index is 0.415. The molecule has 0 aliphatic rings. The van der Waals surface area contributed by atoms with Crippen LogP contribution in [-0.4, -0.2) is 63.2 Å². The van der Waals surface area contributed by atoms with Crippen molar-refractivity contribution in [3.05, 3.63) is 0 Å². The summed E-state index contributed by atoms with van der Waals surface area (Å²) >= 11 is 0. The third-order valence-corrected chi connectivity index (χ3v) is 8.97. The molecule has 0 aromatic rings. The summed E-state index contributed by atoms with van der Waals surface area (Å²) in [7, 11) is 3.11. The van der Waals surface area contributed by atoms with Gasteiger partial charge in [-0.2, -0.15) is 0 Å². The Balaban J connectivity index is 6.38. The molecule has 0 aliphatic heterocycles. The quantitative estimate of drug-likeness (QED) is 0.618. The van der Waals surface area contributed by atoms with Crippen LogP contribution < -0.4 is 0 Å². The molecule has 0 N–H and O–H groups in total. The average Bonchev–Trinajstić information content (AvgIpc) is 2.30. The molecule has 0 spiro atoms. The summed E-state index contributed by atoms with van der Waals surface area (Å²) in [6.07, 6.45) is 0. The zero-order valence-electron chi connectivity index (χ0n) is 13.8. The zero-order chi connectivity index (χ0) is 15.2. The molecule has 0 fully saturated rings. The fraction of sp³-hybridized carbons (Fsp3) is 1.00. The van der Waals surface area contributed by atoms with E-state index in [0.717, 1.165) is 0 Å². The van der Waals surface area contributed by atoms with E-state index in [1.807, 2.05) is 55.9 Å². The summed E-state index contributed by atoms with van der Waals surface area (Å²) in [6, 6.07) is 0. The van der Waals surface area contributed by atoms with Gasteiger partial charge in [0.1, 0.15) is 9.79 Å². The van der Waals surface area contributed by atoms with Gasteiger partial charge in [-0.05, 0) is 27.7 Å². The van der Waals surface area contributed by atoms with Crippen molar-refractivity contribution in [1.29, 1.82) is 0 Å². The maximum Gasteiger partial charge on any atom is 0.132 e. The van der Waals surface area contributed by atoms with Gasteiger partial charge in [0, 0.05) is 28.2 Å². The lowest BCUT2D eigenvalue weighted by molar-refractivity contribution is -0.0174. The lowest BCUT2D eigenvalue weighted by Crippen LogP contribution is -2.63. The Morgan fingerprint density at radius 3 is 0.895 bits per heavy atom. The molecule has 0 atom stereocenters. The van der Waals surface area contributed by atoms with Crippen molar-refractivity contribution in [2.45, 2.75) is 27.7 Å². The topological polar surface area (TPSA) is 43.4 Å². The molecule has 0 heterocycles. The van der Waals surface area contributed by atoms with E-state index in [-0.39, 0.29) is 0 Å². The third-order valence-electron chi connectivity index (χ3n) is 2.99. The van der Waals surface area contributed by atoms with Gasteiger partial charge in [-0.25, -0.2) is 8.61 Å². The van der Waals surface area contributed by atoms with E-state index in [0.29, 0.717) is 26.4 Å². The third kappa shape index (κ3) is 2.42. The smallest absolute Gasteiger partial charge is 0.132 e. The second kappa shape index (κ2) is 6.26. The van der Waals surface area contributed by atoms with Crippen LogP contribution in [0.3, 0.4) is 0 Å². The lowest BCUT2D eigenvalue weighted by Gasteiger charge is -2.80. The minimum Gasteiger partial charge on any atom is -0.273 e. The van der Waals surface area contributed by atoms with Gasteiger partial charge in [0.05, 0.1) is 26.4 Å². The van der Waals surface area contributed by atoms with Crippen molar-refractivity contribution >= 4 is 9.79 Å². The lowest BCUT2D eigenvalue weighted by atomic mass is 10.9. The molecule has 7 heteroatoms. The van der Waals surface area contributed by atoms with Crippen molar-refractivity contribution in [3.63, 3.8) is 0 Å². The standard InChI is InChI=1S/C12H32N2O4S/c1-9-15-19(13(5)6,14(7)8,16-10-2,17-11-3)18-12-4/h9-12H2,1-8H3. The van der Waals surface area contributed by atoms with Crippen LogP contribution in [0.1, 0.15) is 27.7 Å². The molecule has 0 unspecified atom stereocenters. The maximum atomic E-state index is 6.15. The largest absolute Gasteiger partial charge is 0.273 e. The van der Waals surface area contributed by atoms with Crippen molar-refractivity contribution in [1.82, 2.24) is 8.61 Å². The summed E-state index contributed by atoms with van der Waals surface area (Å²) in [4.78, 5) is 0. The van der Waals surface area contributed by atoms with Gasteiger partial charge in [-0.3, -0.25) is 16.7 Å². The molecule has 19 heavy (non-hydrogen) atoms. The Kier molecular flexibility index (Phi) is 6.29. The highest BCUT2D eigenvalue weighted by Crippen LogP contribution is 2.94. The molecule has 0 rings (SSSR count). The van der Waals surface area contributed by atoms with Crippen LogP contribution in [-0.2, 0) is 16.7 Å². The van der Waals surface area contributed by atoms with Crippen molar-refractivity contribution in [3.8, 4) is 0 Å². The normalized spacial score (nSPS) is 16.7.